The maximum Gasteiger partial charge on any atom is 0.405 e. The fourth-order valence-corrected chi connectivity index (χ4v) is 1.36. The summed E-state index contributed by atoms with van der Waals surface area (Å²) in [5.41, 5.74) is 0.0528. The number of methoxy groups -OCH3 is 1. The average molecular weight is 289 g/mol. The van der Waals surface area contributed by atoms with Crippen molar-refractivity contribution in [1.29, 1.82) is 0 Å². The van der Waals surface area contributed by atoms with Gasteiger partial charge in [-0.1, -0.05) is 12.7 Å². The predicted octanol–water partition coefficient (Wildman–Crippen LogP) is 2.55. The van der Waals surface area contributed by atoms with E-state index >= 15 is 0 Å². The number of benzene rings is 1. The van der Waals surface area contributed by atoms with Gasteiger partial charge in [0.05, 0.1) is 7.11 Å². The molecule has 0 aliphatic carbocycles. The molecule has 1 N–H and O–H groups in total. The first-order valence-corrected chi connectivity index (χ1v) is 5.64. The number of ether oxygens (including phenoxy) is 2. The Hall–Kier alpha value is -2.18. The number of hydrogen-bond donors (Lipinski definition) is 1. The van der Waals surface area contributed by atoms with Crippen LogP contribution >= 0.6 is 0 Å². The molecule has 0 atom stereocenters. The van der Waals surface area contributed by atoms with E-state index in [4.69, 9.17) is 9.47 Å². The number of carbonyl (C=O) groups is 1. The van der Waals surface area contributed by atoms with Crippen LogP contribution in [0.5, 0.6) is 11.5 Å². The maximum absolute atomic E-state index is 12.0. The lowest BCUT2D eigenvalue weighted by Crippen LogP contribution is -2.33. The fourth-order valence-electron chi connectivity index (χ4n) is 1.36. The minimum atomic E-state index is -4.45. The van der Waals surface area contributed by atoms with E-state index in [9.17, 15) is 18.0 Å². The molecule has 7 heteroatoms. The van der Waals surface area contributed by atoms with E-state index in [2.05, 4.69) is 6.58 Å². The summed E-state index contributed by atoms with van der Waals surface area (Å²) < 4.78 is 46.3. The number of alkyl halides is 3. The molecule has 1 rings (SSSR count). The maximum atomic E-state index is 12.0. The van der Waals surface area contributed by atoms with E-state index in [-0.39, 0.29) is 17.9 Å². The van der Waals surface area contributed by atoms with E-state index in [0.717, 1.165) is 0 Å². The van der Waals surface area contributed by atoms with Crippen LogP contribution in [-0.4, -0.2) is 32.3 Å². The number of halogens is 3. The van der Waals surface area contributed by atoms with Crippen LogP contribution in [0.4, 0.5) is 13.2 Å². The van der Waals surface area contributed by atoms with Crippen LogP contribution in [0.2, 0.25) is 0 Å². The zero-order valence-corrected chi connectivity index (χ0v) is 10.8. The Bertz CT molecular complexity index is 486. The van der Waals surface area contributed by atoms with Crippen LogP contribution in [-0.2, 0) is 0 Å². The molecule has 0 radical (unpaired) electrons. The highest BCUT2D eigenvalue weighted by Crippen LogP contribution is 2.28. The quantitative estimate of drug-likeness (QED) is 0.819. The highest BCUT2D eigenvalue weighted by Gasteiger charge is 2.28. The summed E-state index contributed by atoms with van der Waals surface area (Å²) >= 11 is 0. The molecule has 4 nitrogen and oxygen atoms in total. The zero-order chi connectivity index (χ0) is 15.2. The van der Waals surface area contributed by atoms with Gasteiger partial charge in [0.25, 0.3) is 5.91 Å². The molecule has 1 aromatic rings. The van der Waals surface area contributed by atoms with Crippen LogP contribution < -0.4 is 14.8 Å². The molecule has 1 aromatic carbocycles. The first-order chi connectivity index (χ1) is 9.37. The summed E-state index contributed by atoms with van der Waals surface area (Å²) in [7, 11) is 1.37. The second-order valence-corrected chi connectivity index (χ2v) is 3.76. The van der Waals surface area contributed by atoms with E-state index in [0.29, 0.717) is 5.75 Å². The molecule has 0 bridgehead atoms. The van der Waals surface area contributed by atoms with Gasteiger partial charge in [0.2, 0.25) is 0 Å². The van der Waals surface area contributed by atoms with Crippen molar-refractivity contribution in [3.05, 3.63) is 36.4 Å². The molecule has 0 heterocycles. The summed E-state index contributed by atoms with van der Waals surface area (Å²) in [6.07, 6.45) is -2.92. The highest BCUT2D eigenvalue weighted by molar-refractivity contribution is 5.94. The van der Waals surface area contributed by atoms with Crippen molar-refractivity contribution in [1.82, 2.24) is 5.32 Å². The lowest BCUT2D eigenvalue weighted by molar-refractivity contribution is -0.123. The second kappa shape index (κ2) is 6.83. The van der Waals surface area contributed by atoms with Gasteiger partial charge in [0.15, 0.2) is 11.5 Å². The number of nitrogens with one attached hydrogen (secondary N) is 1. The van der Waals surface area contributed by atoms with Crippen LogP contribution in [0.1, 0.15) is 10.4 Å². The van der Waals surface area contributed by atoms with Gasteiger partial charge < -0.3 is 14.8 Å². The Morgan fingerprint density at radius 1 is 1.40 bits per heavy atom. The summed E-state index contributed by atoms with van der Waals surface area (Å²) in [4.78, 5) is 11.6. The lowest BCUT2D eigenvalue weighted by atomic mass is 10.2. The first kappa shape index (κ1) is 15.9. The lowest BCUT2D eigenvalue weighted by Gasteiger charge is -2.12. The summed E-state index contributed by atoms with van der Waals surface area (Å²) in [5.74, 6) is -0.206. The summed E-state index contributed by atoms with van der Waals surface area (Å²) in [5, 5.41) is 1.78. The average Bonchev–Trinajstić information content (AvgIpc) is 2.41. The van der Waals surface area contributed by atoms with Crippen LogP contribution in [0.25, 0.3) is 0 Å². The number of hydrogen-bond acceptors (Lipinski definition) is 3. The Balaban J connectivity index is 2.81. The monoisotopic (exact) mass is 289 g/mol. The summed E-state index contributed by atoms with van der Waals surface area (Å²) in [6, 6.07) is 4.11. The topological polar surface area (TPSA) is 47.6 Å². The Labute approximate surface area is 114 Å². The minimum Gasteiger partial charge on any atom is -0.493 e. The first-order valence-electron chi connectivity index (χ1n) is 5.64. The van der Waals surface area contributed by atoms with Gasteiger partial charge in [0, 0.05) is 5.56 Å². The van der Waals surface area contributed by atoms with Crippen molar-refractivity contribution < 1.29 is 27.4 Å². The van der Waals surface area contributed by atoms with Gasteiger partial charge >= 0.3 is 6.18 Å². The normalized spacial score (nSPS) is 10.8. The molecule has 0 saturated carbocycles. The molecule has 0 unspecified atom stereocenters. The number of rotatable bonds is 6. The van der Waals surface area contributed by atoms with Gasteiger partial charge in [0.1, 0.15) is 13.2 Å². The SMILES string of the molecule is C=CCOc1ccc(C(=O)NCC(F)(F)F)cc1OC. The highest BCUT2D eigenvalue weighted by atomic mass is 19.4. The molecule has 0 fully saturated rings. The Morgan fingerprint density at radius 3 is 2.65 bits per heavy atom. The standard InChI is InChI=1S/C13H14F3NO3/c1-3-6-20-10-5-4-9(7-11(10)19-2)12(18)17-8-13(14,15)16/h3-5,7H,1,6,8H2,2H3,(H,17,18). The van der Waals surface area contributed by atoms with Gasteiger partial charge in [-0.3, -0.25) is 4.79 Å². The predicted molar refractivity (Wildman–Crippen MR) is 67.1 cm³/mol. The largest absolute Gasteiger partial charge is 0.493 e. The van der Waals surface area contributed by atoms with Crippen LogP contribution in [0.15, 0.2) is 30.9 Å². The van der Waals surface area contributed by atoms with E-state index in [1.807, 2.05) is 0 Å². The Morgan fingerprint density at radius 2 is 2.10 bits per heavy atom. The molecule has 0 aliphatic heterocycles. The van der Waals surface area contributed by atoms with Crippen LogP contribution in [0.3, 0.4) is 0 Å². The van der Waals surface area contributed by atoms with Crippen molar-refractivity contribution >= 4 is 5.91 Å². The van der Waals surface area contributed by atoms with Crippen molar-refractivity contribution in [2.45, 2.75) is 6.18 Å². The van der Waals surface area contributed by atoms with E-state index < -0.39 is 18.6 Å². The molecule has 110 valence electrons. The third-order valence-electron chi connectivity index (χ3n) is 2.23. The van der Waals surface area contributed by atoms with Gasteiger partial charge in [-0.2, -0.15) is 13.2 Å². The third-order valence-corrected chi connectivity index (χ3v) is 2.23. The van der Waals surface area contributed by atoms with E-state index in [1.165, 1.54) is 31.4 Å². The number of amides is 1. The molecular formula is C13H14F3NO3. The molecule has 1 amide bonds. The molecule has 0 aromatic heterocycles. The van der Waals surface area contributed by atoms with Gasteiger partial charge in [-0.05, 0) is 18.2 Å². The van der Waals surface area contributed by atoms with Gasteiger partial charge in [-0.15, -0.1) is 0 Å². The third kappa shape index (κ3) is 4.83. The molecule has 20 heavy (non-hydrogen) atoms. The molecule has 0 spiro atoms. The molecule has 0 aliphatic rings. The molecule has 0 saturated heterocycles. The van der Waals surface area contributed by atoms with Crippen LogP contribution in [0, 0.1) is 0 Å². The second-order valence-electron chi connectivity index (χ2n) is 3.76. The minimum absolute atomic E-state index is 0.0528. The smallest absolute Gasteiger partial charge is 0.405 e. The molecular weight excluding hydrogens is 275 g/mol. The van der Waals surface area contributed by atoms with Crippen molar-refractivity contribution in [3.8, 4) is 11.5 Å². The van der Waals surface area contributed by atoms with E-state index in [1.54, 1.807) is 5.32 Å². The Kier molecular flexibility index (Phi) is 5.42. The number of carbonyl (C=O) groups excluding carboxylic acids is 1. The zero-order valence-electron chi connectivity index (χ0n) is 10.8. The van der Waals surface area contributed by atoms with Crippen molar-refractivity contribution in [2.75, 3.05) is 20.3 Å². The van der Waals surface area contributed by atoms with Crippen molar-refractivity contribution in [2.24, 2.45) is 0 Å². The van der Waals surface area contributed by atoms with Gasteiger partial charge in [-0.25, -0.2) is 0 Å². The fraction of sp³-hybridized carbons (Fsp3) is 0.308. The van der Waals surface area contributed by atoms with Crippen molar-refractivity contribution in [3.63, 3.8) is 0 Å². The summed E-state index contributed by atoms with van der Waals surface area (Å²) in [6.45, 7) is 2.35.